The summed E-state index contributed by atoms with van der Waals surface area (Å²) in [5.74, 6) is -2.84. The van der Waals surface area contributed by atoms with Gasteiger partial charge in [-0.05, 0) is 70.2 Å². The monoisotopic (exact) mass is 500 g/mol. The number of halogens is 2. The number of benzene rings is 2. The molecule has 2 N–H and O–H groups in total. The van der Waals surface area contributed by atoms with Crippen molar-refractivity contribution in [2.24, 2.45) is 5.92 Å². The molecule has 0 radical (unpaired) electrons. The molecule has 1 saturated heterocycles. The molecule has 0 spiro atoms. The molecule has 0 bridgehead atoms. The SMILES string of the molecule is Cc1ccc(-c2noc(-c3ccc(F)c(O)c3F)n2)cc1NCC1CCN(C(=O)OC(C)(C)C)CC1. The predicted octanol–water partition coefficient (Wildman–Crippen LogP) is 5.75. The Labute approximate surface area is 208 Å². The number of hydrogen-bond acceptors (Lipinski definition) is 7. The molecular formula is C26H30F2N4O4. The Bertz CT molecular complexity index is 1250. The van der Waals surface area contributed by atoms with E-state index in [4.69, 9.17) is 9.26 Å². The summed E-state index contributed by atoms with van der Waals surface area (Å²) >= 11 is 0. The number of nitrogens with zero attached hydrogens (tertiary/aromatic N) is 3. The highest BCUT2D eigenvalue weighted by Crippen LogP contribution is 2.32. The van der Waals surface area contributed by atoms with Gasteiger partial charge in [0.1, 0.15) is 5.60 Å². The van der Waals surface area contributed by atoms with Crippen molar-refractivity contribution in [2.75, 3.05) is 25.0 Å². The van der Waals surface area contributed by atoms with Crippen LogP contribution in [0.3, 0.4) is 0 Å². The number of aromatic hydroxyl groups is 1. The molecule has 2 heterocycles. The smallest absolute Gasteiger partial charge is 0.410 e. The quantitative estimate of drug-likeness (QED) is 0.460. The zero-order valence-corrected chi connectivity index (χ0v) is 20.8. The van der Waals surface area contributed by atoms with Crippen LogP contribution >= 0.6 is 0 Å². The first-order chi connectivity index (χ1) is 17.0. The normalized spacial score (nSPS) is 14.7. The molecule has 1 aromatic heterocycles. The van der Waals surface area contributed by atoms with Crippen LogP contribution in [0.5, 0.6) is 5.75 Å². The van der Waals surface area contributed by atoms with Crippen LogP contribution in [0.25, 0.3) is 22.8 Å². The van der Waals surface area contributed by atoms with E-state index in [1.807, 2.05) is 45.9 Å². The summed E-state index contributed by atoms with van der Waals surface area (Å²) in [7, 11) is 0. The minimum atomic E-state index is -1.16. The number of carbonyl (C=O) groups excluding carboxylic acids is 1. The minimum Gasteiger partial charge on any atom is -0.503 e. The Kier molecular flexibility index (Phi) is 7.14. The number of aryl methyl sites for hydroxylation is 1. The fourth-order valence-electron chi connectivity index (χ4n) is 4.01. The lowest BCUT2D eigenvalue weighted by Crippen LogP contribution is -2.42. The van der Waals surface area contributed by atoms with Gasteiger partial charge in [0.05, 0.1) is 5.56 Å². The molecule has 0 unspecified atom stereocenters. The molecule has 1 aliphatic heterocycles. The summed E-state index contributed by atoms with van der Waals surface area (Å²) < 4.78 is 38.2. The van der Waals surface area contributed by atoms with Crippen LogP contribution < -0.4 is 5.32 Å². The van der Waals surface area contributed by atoms with Crippen LogP contribution in [-0.2, 0) is 4.74 Å². The highest BCUT2D eigenvalue weighted by molar-refractivity contribution is 5.68. The Morgan fingerprint density at radius 2 is 1.94 bits per heavy atom. The highest BCUT2D eigenvalue weighted by Gasteiger charge is 2.27. The second kappa shape index (κ2) is 10.1. The van der Waals surface area contributed by atoms with E-state index in [2.05, 4.69) is 15.5 Å². The predicted molar refractivity (Wildman–Crippen MR) is 131 cm³/mol. The van der Waals surface area contributed by atoms with Crippen LogP contribution in [0.1, 0.15) is 39.2 Å². The largest absolute Gasteiger partial charge is 0.503 e. The van der Waals surface area contributed by atoms with Crippen LogP contribution in [0.15, 0.2) is 34.9 Å². The lowest BCUT2D eigenvalue weighted by Gasteiger charge is -2.33. The topological polar surface area (TPSA) is 101 Å². The lowest BCUT2D eigenvalue weighted by atomic mass is 9.96. The van der Waals surface area contributed by atoms with Gasteiger partial charge in [0.2, 0.25) is 5.82 Å². The zero-order chi connectivity index (χ0) is 26.0. The van der Waals surface area contributed by atoms with Crippen molar-refractivity contribution < 1.29 is 27.9 Å². The molecule has 1 aliphatic rings. The Morgan fingerprint density at radius 1 is 1.22 bits per heavy atom. The zero-order valence-electron chi connectivity index (χ0n) is 20.8. The van der Waals surface area contributed by atoms with Crippen molar-refractivity contribution in [3.05, 3.63) is 47.5 Å². The maximum atomic E-state index is 14.2. The van der Waals surface area contributed by atoms with Gasteiger partial charge in [-0.15, -0.1) is 0 Å². The second-order valence-corrected chi connectivity index (χ2v) is 10.0. The summed E-state index contributed by atoms with van der Waals surface area (Å²) in [5.41, 5.74) is 1.90. The number of hydrogen-bond donors (Lipinski definition) is 2. The maximum Gasteiger partial charge on any atom is 0.410 e. The maximum absolute atomic E-state index is 14.2. The molecular weight excluding hydrogens is 470 g/mol. The van der Waals surface area contributed by atoms with Crippen molar-refractivity contribution in [3.63, 3.8) is 0 Å². The molecule has 0 aliphatic carbocycles. The molecule has 0 saturated carbocycles. The van der Waals surface area contributed by atoms with Crippen LogP contribution in [0.2, 0.25) is 0 Å². The van der Waals surface area contributed by atoms with E-state index >= 15 is 0 Å². The Hall–Kier alpha value is -3.69. The van der Waals surface area contributed by atoms with Gasteiger partial charge in [-0.25, -0.2) is 13.6 Å². The van der Waals surface area contributed by atoms with E-state index in [1.54, 1.807) is 4.90 Å². The number of ether oxygens (including phenoxy) is 1. The van der Waals surface area contributed by atoms with E-state index < -0.39 is 23.0 Å². The van der Waals surface area contributed by atoms with Gasteiger partial charge in [-0.2, -0.15) is 4.98 Å². The first-order valence-corrected chi connectivity index (χ1v) is 11.9. The molecule has 3 aromatic rings. The van der Waals surface area contributed by atoms with Crippen LogP contribution in [0, 0.1) is 24.5 Å². The number of carbonyl (C=O) groups is 1. The number of likely N-dealkylation sites (tertiary alicyclic amines) is 1. The molecule has 1 amide bonds. The van der Waals surface area contributed by atoms with Gasteiger partial charge in [0.15, 0.2) is 17.4 Å². The van der Waals surface area contributed by atoms with Gasteiger partial charge in [0, 0.05) is 30.9 Å². The summed E-state index contributed by atoms with van der Waals surface area (Å²) in [5, 5.41) is 16.9. The fourth-order valence-corrected chi connectivity index (χ4v) is 4.01. The van der Waals surface area contributed by atoms with E-state index in [-0.39, 0.29) is 23.4 Å². The number of aromatic nitrogens is 2. The summed E-state index contributed by atoms with van der Waals surface area (Å²) in [4.78, 5) is 18.3. The van der Waals surface area contributed by atoms with E-state index in [1.165, 1.54) is 0 Å². The first kappa shape index (κ1) is 25.4. The third-order valence-electron chi connectivity index (χ3n) is 6.07. The molecule has 0 atom stereocenters. The number of anilines is 1. The van der Waals surface area contributed by atoms with Crippen LogP contribution in [0.4, 0.5) is 19.3 Å². The van der Waals surface area contributed by atoms with Crippen molar-refractivity contribution >= 4 is 11.8 Å². The van der Waals surface area contributed by atoms with Gasteiger partial charge < -0.3 is 24.6 Å². The molecule has 4 rings (SSSR count). The van der Waals surface area contributed by atoms with Gasteiger partial charge >= 0.3 is 6.09 Å². The summed E-state index contributed by atoms with van der Waals surface area (Å²) in [6.45, 7) is 9.61. The number of phenolic OH excluding ortho intramolecular Hbond substituents is 1. The van der Waals surface area contributed by atoms with E-state index in [9.17, 15) is 18.7 Å². The van der Waals surface area contributed by atoms with Crippen LogP contribution in [-0.4, -0.2) is 51.5 Å². The molecule has 2 aromatic carbocycles. The van der Waals surface area contributed by atoms with Crippen molar-refractivity contribution in [1.29, 1.82) is 0 Å². The van der Waals surface area contributed by atoms with E-state index in [0.29, 0.717) is 24.6 Å². The molecule has 36 heavy (non-hydrogen) atoms. The molecule has 10 heteroatoms. The highest BCUT2D eigenvalue weighted by atomic mass is 19.1. The van der Waals surface area contributed by atoms with Gasteiger partial charge in [0.25, 0.3) is 5.89 Å². The molecule has 1 fully saturated rings. The number of phenols is 1. The van der Waals surface area contributed by atoms with E-state index in [0.717, 1.165) is 42.8 Å². The second-order valence-electron chi connectivity index (χ2n) is 10.0. The third-order valence-corrected chi connectivity index (χ3v) is 6.07. The Morgan fingerprint density at radius 3 is 2.64 bits per heavy atom. The summed E-state index contributed by atoms with van der Waals surface area (Å²) in [6, 6.07) is 7.70. The minimum absolute atomic E-state index is 0.162. The van der Waals surface area contributed by atoms with Gasteiger partial charge in [-0.3, -0.25) is 0 Å². The van der Waals surface area contributed by atoms with Crippen molar-refractivity contribution in [1.82, 2.24) is 15.0 Å². The number of amides is 1. The standard InChI is InChI=1S/C26H30F2N4O4/c1-15-5-6-17(23-30-24(36-31-23)18-7-8-19(27)22(33)21(18)28)13-20(15)29-14-16-9-11-32(12-10-16)25(34)35-26(2,3)4/h5-8,13,16,29,33H,9-12,14H2,1-4H3. The lowest BCUT2D eigenvalue weighted by molar-refractivity contribution is 0.0188. The number of nitrogens with one attached hydrogen (secondary N) is 1. The van der Waals surface area contributed by atoms with Gasteiger partial charge in [-0.1, -0.05) is 17.3 Å². The average Bonchev–Trinajstić information content (AvgIpc) is 3.31. The van der Waals surface area contributed by atoms with Crippen molar-refractivity contribution in [2.45, 2.75) is 46.1 Å². The average molecular weight is 501 g/mol. The molecule has 8 nitrogen and oxygen atoms in total. The number of rotatable bonds is 5. The summed E-state index contributed by atoms with van der Waals surface area (Å²) in [6.07, 6.45) is 1.47. The third kappa shape index (κ3) is 5.75. The molecule has 192 valence electrons. The fraction of sp³-hybridized carbons (Fsp3) is 0.423. The Balaban J connectivity index is 1.39. The first-order valence-electron chi connectivity index (χ1n) is 11.9. The van der Waals surface area contributed by atoms with Crippen molar-refractivity contribution in [3.8, 4) is 28.6 Å². The number of piperidine rings is 1.